The second kappa shape index (κ2) is 8.55. The molecule has 1 fully saturated rings. The summed E-state index contributed by atoms with van der Waals surface area (Å²) in [7, 11) is 0. The summed E-state index contributed by atoms with van der Waals surface area (Å²) in [5.41, 5.74) is 2.34. The molecule has 1 aromatic rings. The smallest absolute Gasteiger partial charge is 0.410 e. The van der Waals surface area contributed by atoms with Gasteiger partial charge < -0.3 is 14.5 Å². The second-order valence-corrected chi connectivity index (χ2v) is 8.07. The lowest BCUT2D eigenvalue weighted by molar-refractivity contribution is -0.132. The zero-order chi connectivity index (χ0) is 20.2. The number of benzene rings is 1. The Labute approximate surface area is 161 Å². The van der Waals surface area contributed by atoms with Gasteiger partial charge in [0.15, 0.2) is 5.78 Å². The number of ketones is 1. The number of carbonyl (C=O) groups is 3. The maximum Gasteiger partial charge on any atom is 0.410 e. The zero-order valence-electron chi connectivity index (χ0n) is 17.0. The Morgan fingerprint density at radius 3 is 2.07 bits per heavy atom. The van der Waals surface area contributed by atoms with Crippen molar-refractivity contribution in [1.29, 1.82) is 0 Å². The molecule has 0 saturated carbocycles. The van der Waals surface area contributed by atoms with Crippen LogP contribution in [0.4, 0.5) is 4.79 Å². The molecule has 1 aliphatic heterocycles. The predicted octanol–water partition coefficient (Wildman–Crippen LogP) is 3.35. The molecule has 0 N–H and O–H groups in total. The predicted molar refractivity (Wildman–Crippen MR) is 104 cm³/mol. The summed E-state index contributed by atoms with van der Waals surface area (Å²) in [6.45, 7) is 11.3. The van der Waals surface area contributed by atoms with Crippen LogP contribution in [-0.2, 0) is 9.53 Å². The molecule has 0 radical (unpaired) electrons. The lowest BCUT2D eigenvalue weighted by Gasteiger charge is -2.35. The molecule has 27 heavy (non-hydrogen) atoms. The molecular weight excluding hydrogens is 344 g/mol. The maximum absolute atomic E-state index is 12.4. The van der Waals surface area contributed by atoms with Crippen LogP contribution in [0.25, 0.3) is 0 Å². The van der Waals surface area contributed by atoms with Gasteiger partial charge in [0.1, 0.15) is 5.60 Å². The van der Waals surface area contributed by atoms with Crippen LogP contribution in [0.15, 0.2) is 18.2 Å². The first-order chi connectivity index (χ1) is 12.6. The molecule has 0 unspecified atom stereocenters. The first kappa shape index (κ1) is 20.9. The van der Waals surface area contributed by atoms with Crippen LogP contribution in [-0.4, -0.2) is 59.4 Å². The number of nitrogens with zero attached hydrogens (tertiary/aromatic N) is 2. The summed E-state index contributed by atoms with van der Waals surface area (Å²) in [6, 6.07) is 5.62. The van der Waals surface area contributed by atoms with Gasteiger partial charge in [-0.3, -0.25) is 9.59 Å². The van der Waals surface area contributed by atoms with Crippen LogP contribution >= 0.6 is 0 Å². The van der Waals surface area contributed by atoms with Crippen molar-refractivity contribution in [3.05, 3.63) is 34.9 Å². The van der Waals surface area contributed by atoms with Crippen molar-refractivity contribution in [2.75, 3.05) is 26.2 Å². The molecule has 0 aromatic heterocycles. The molecule has 0 spiro atoms. The Morgan fingerprint density at radius 2 is 1.52 bits per heavy atom. The number of ether oxygens (including phenoxy) is 1. The number of rotatable bonds is 4. The third-order valence-electron chi connectivity index (χ3n) is 4.68. The lowest BCUT2D eigenvalue weighted by Crippen LogP contribution is -2.51. The fourth-order valence-corrected chi connectivity index (χ4v) is 2.90. The zero-order valence-corrected chi connectivity index (χ0v) is 17.0. The average Bonchev–Trinajstić information content (AvgIpc) is 2.60. The standard InChI is InChI=1S/C21H30N2O4/c1-15-6-7-17(14-16(15)2)18(24)8-9-19(25)22-10-12-23(13-11-22)20(26)27-21(3,4)5/h6-7,14H,8-13H2,1-5H3. The Kier molecular flexibility index (Phi) is 6.63. The van der Waals surface area contributed by atoms with Gasteiger partial charge in [-0.2, -0.15) is 0 Å². The van der Waals surface area contributed by atoms with Crippen molar-refractivity contribution in [2.45, 2.75) is 53.1 Å². The molecule has 2 rings (SSSR count). The van der Waals surface area contributed by atoms with E-state index in [0.717, 1.165) is 11.1 Å². The van der Waals surface area contributed by atoms with Crippen LogP contribution < -0.4 is 0 Å². The van der Waals surface area contributed by atoms with E-state index >= 15 is 0 Å². The van der Waals surface area contributed by atoms with Gasteiger partial charge in [0.2, 0.25) is 5.91 Å². The van der Waals surface area contributed by atoms with E-state index < -0.39 is 5.60 Å². The van der Waals surface area contributed by atoms with E-state index in [2.05, 4.69) is 0 Å². The van der Waals surface area contributed by atoms with Gasteiger partial charge in [0.05, 0.1) is 0 Å². The minimum atomic E-state index is -0.529. The molecule has 1 saturated heterocycles. The molecule has 148 valence electrons. The van der Waals surface area contributed by atoms with E-state index in [9.17, 15) is 14.4 Å². The van der Waals surface area contributed by atoms with Crippen LogP contribution in [0.3, 0.4) is 0 Å². The number of aryl methyl sites for hydroxylation is 2. The van der Waals surface area contributed by atoms with Crippen molar-refractivity contribution in [1.82, 2.24) is 9.80 Å². The van der Waals surface area contributed by atoms with E-state index in [4.69, 9.17) is 4.74 Å². The molecule has 1 heterocycles. The van der Waals surface area contributed by atoms with Gasteiger partial charge >= 0.3 is 6.09 Å². The highest BCUT2D eigenvalue weighted by Gasteiger charge is 2.27. The van der Waals surface area contributed by atoms with Crippen molar-refractivity contribution in [3.8, 4) is 0 Å². The summed E-state index contributed by atoms with van der Waals surface area (Å²) in [4.78, 5) is 40.1. The summed E-state index contributed by atoms with van der Waals surface area (Å²) >= 11 is 0. The SMILES string of the molecule is Cc1ccc(C(=O)CCC(=O)N2CCN(C(=O)OC(C)(C)C)CC2)cc1C. The first-order valence-corrected chi connectivity index (χ1v) is 9.43. The van der Waals surface area contributed by atoms with E-state index in [-0.39, 0.29) is 30.6 Å². The summed E-state index contributed by atoms with van der Waals surface area (Å²) in [6.07, 6.45) is 0.0470. The summed E-state index contributed by atoms with van der Waals surface area (Å²) < 4.78 is 5.36. The van der Waals surface area contributed by atoms with E-state index in [1.54, 1.807) is 9.80 Å². The average molecular weight is 374 g/mol. The number of piperazine rings is 1. The molecule has 6 nitrogen and oxygen atoms in total. The number of hydrogen-bond acceptors (Lipinski definition) is 4. The number of Topliss-reactive ketones (excluding diaryl/α,β-unsaturated/α-hetero) is 1. The van der Waals surface area contributed by atoms with Gasteiger partial charge in [-0.1, -0.05) is 12.1 Å². The van der Waals surface area contributed by atoms with E-state index in [1.807, 2.05) is 52.8 Å². The van der Waals surface area contributed by atoms with Crippen LogP contribution in [0.5, 0.6) is 0 Å². The molecule has 0 bridgehead atoms. The fourth-order valence-electron chi connectivity index (χ4n) is 2.90. The third kappa shape index (κ3) is 6.08. The largest absolute Gasteiger partial charge is 0.444 e. The normalized spacial score (nSPS) is 14.9. The quantitative estimate of drug-likeness (QED) is 0.758. The van der Waals surface area contributed by atoms with Crippen LogP contribution in [0.1, 0.15) is 55.1 Å². The number of amides is 2. The van der Waals surface area contributed by atoms with E-state index in [1.165, 1.54) is 0 Å². The molecule has 2 amide bonds. The van der Waals surface area contributed by atoms with Crippen LogP contribution in [0, 0.1) is 13.8 Å². The summed E-state index contributed by atoms with van der Waals surface area (Å²) in [5.74, 6) is -0.0603. The van der Waals surface area contributed by atoms with Crippen LogP contribution in [0.2, 0.25) is 0 Å². The molecule has 1 aliphatic rings. The topological polar surface area (TPSA) is 66.9 Å². The third-order valence-corrected chi connectivity index (χ3v) is 4.68. The Hall–Kier alpha value is -2.37. The Balaban J connectivity index is 1.80. The highest BCUT2D eigenvalue weighted by atomic mass is 16.6. The maximum atomic E-state index is 12.4. The van der Waals surface area contributed by atoms with Gasteiger partial charge in [0.25, 0.3) is 0 Å². The van der Waals surface area contributed by atoms with Crippen molar-refractivity contribution in [3.63, 3.8) is 0 Å². The Morgan fingerprint density at radius 1 is 0.926 bits per heavy atom. The Bertz CT molecular complexity index is 713. The van der Waals surface area contributed by atoms with Gasteiger partial charge in [-0.25, -0.2) is 4.79 Å². The molecule has 0 atom stereocenters. The highest BCUT2D eigenvalue weighted by molar-refractivity contribution is 5.98. The van der Waals surface area contributed by atoms with Gasteiger partial charge in [-0.05, 0) is 51.8 Å². The first-order valence-electron chi connectivity index (χ1n) is 9.43. The minimum absolute atomic E-state index is 0.0150. The minimum Gasteiger partial charge on any atom is -0.444 e. The molecular formula is C21H30N2O4. The monoisotopic (exact) mass is 374 g/mol. The van der Waals surface area contributed by atoms with Gasteiger partial charge in [-0.15, -0.1) is 0 Å². The molecule has 6 heteroatoms. The number of carbonyl (C=O) groups excluding carboxylic acids is 3. The van der Waals surface area contributed by atoms with Crippen molar-refractivity contribution >= 4 is 17.8 Å². The molecule has 1 aromatic carbocycles. The van der Waals surface area contributed by atoms with Gasteiger partial charge in [0, 0.05) is 44.6 Å². The summed E-state index contributed by atoms with van der Waals surface area (Å²) in [5, 5.41) is 0. The highest BCUT2D eigenvalue weighted by Crippen LogP contribution is 2.15. The van der Waals surface area contributed by atoms with E-state index in [0.29, 0.717) is 31.7 Å². The number of hydrogen-bond donors (Lipinski definition) is 0. The lowest BCUT2D eigenvalue weighted by atomic mass is 10.0. The fraction of sp³-hybridized carbons (Fsp3) is 0.571. The molecule has 0 aliphatic carbocycles. The van der Waals surface area contributed by atoms with Crippen molar-refractivity contribution in [2.24, 2.45) is 0 Å². The van der Waals surface area contributed by atoms with Crippen molar-refractivity contribution < 1.29 is 19.1 Å². The second-order valence-electron chi connectivity index (χ2n) is 8.07.